The summed E-state index contributed by atoms with van der Waals surface area (Å²) in [6, 6.07) is 2.53. The van der Waals surface area contributed by atoms with Crippen molar-refractivity contribution >= 4 is 22.9 Å². The first kappa shape index (κ1) is 15.5. The van der Waals surface area contributed by atoms with Crippen molar-refractivity contribution in [1.29, 1.82) is 0 Å². The molecule has 0 radical (unpaired) electrons. The Morgan fingerprint density at radius 2 is 1.74 bits per heavy atom. The summed E-state index contributed by atoms with van der Waals surface area (Å²) in [5.74, 6) is 0. The molecular weight excluding hydrogens is 294 g/mol. The molecule has 0 atom stereocenters. The zero-order valence-corrected chi connectivity index (χ0v) is 10.0. The van der Waals surface area contributed by atoms with Crippen LogP contribution in [-0.4, -0.2) is 17.7 Å². The fourth-order valence-corrected chi connectivity index (χ4v) is 1.48. The molecule has 0 aliphatic carbocycles. The van der Waals surface area contributed by atoms with Gasteiger partial charge < -0.3 is 11.1 Å². The molecule has 19 heavy (non-hydrogen) atoms. The highest BCUT2D eigenvalue weighted by Gasteiger charge is 2.34. The molecule has 0 unspecified atom stereocenters. The molecule has 0 spiro atoms. The lowest BCUT2D eigenvalue weighted by Crippen LogP contribution is -2.22. The van der Waals surface area contributed by atoms with Crippen LogP contribution >= 0.6 is 12.2 Å². The van der Waals surface area contributed by atoms with Gasteiger partial charge in [0.05, 0.1) is 5.56 Å². The predicted octanol–water partition coefficient (Wildman–Crippen LogP) is 3.31. The summed E-state index contributed by atoms with van der Waals surface area (Å²) in [5, 5.41) is 1.85. The van der Waals surface area contributed by atoms with E-state index in [9.17, 15) is 26.3 Å². The fraction of sp³-hybridized carbons (Fsp3) is 0.300. The van der Waals surface area contributed by atoms with E-state index in [2.05, 4.69) is 12.2 Å². The van der Waals surface area contributed by atoms with Crippen LogP contribution in [0.25, 0.3) is 0 Å². The second-order valence-electron chi connectivity index (χ2n) is 3.59. The monoisotopic (exact) mass is 302 g/mol. The standard InChI is InChI=1S/C10H8F6N2S/c11-9(12,13)4-18-5-1-2-6(8(17)19)7(3-5)10(14,15)16/h1-3,18H,4H2,(H2,17,19). The van der Waals surface area contributed by atoms with Gasteiger partial charge in [-0.05, 0) is 18.2 Å². The second-order valence-corrected chi connectivity index (χ2v) is 4.03. The number of nitrogens with one attached hydrogen (secondary N) is 1. The van der Waals surface area contributed by atoms with Crippen LogP contribution < -0.4 is 11.1 Å². The van der Waals surface area contributed by atoms with Crippen LogP contribution in [-0.2, 0) is 6.18 Å². The molecule has 3 N–H and O–H groups in total. The van der Waals surface area contributed by atoms with Crippen molar-refractivity contribution in [1.82, 2.24) is 0 Å². The van der Waals surface area contributed by atoms with E-state index in [4.69, 9.17) is 5.73 Å². The van der Waals surface area contributed by atoms with Crippen LogP contribution in [0.5, 0.6) is 0 Å². The van der Waals surface area contributed by atoms with E-state index < -0.39 is 35.0 Å². The van der Waals surface area contributed by atoms with Gasteiger partial charge in [-0.1, -0.05) is 12.2 Å². The van der Waals surface area contributed by atoms with Gasteiger partial charge >= 0.3 is 12.4 Å². The molecule has 0 heterocycles. The number of thiocarbonyl (C=S) groups is 1. The maximum atomic E-state index is 12.7. The van der Waals surface area contributed by atoms with Crippen molar-refractivity contribution in [2.75, 3.05) is 11.9 Å². The molecule has 0 aromatic heterocycles. The second kappa shape index (κ2) is 5.24. The molecule has 0 amide bonds. The summed E-state index contributed by atoms with van der Waals surface area (Å²) in [7, 11) is 0. The topological polar surface area (TPSA) is 38.0 Å². The highest BCUT2D eigenvalue weighted by atomic mass is 32.1. The summed E-state index contributed by atoms with van der Waals surface area (Å²) in [6.07, 6.45) is -9.28. The SMILES string of the molecule is NC(=S)c1ccc(NCC(F)(F)F)cc1C(F)(F)F. The fourth-order valence-electron chi connectivity index (χ4n) is 1.31. The zero-order chi connectivity index (χ0) is 14.8. The van der Waals surface area contributed by atoms with Crippen LogP contribution in [0.4, 0.5) is 32.0 Å². The van der Waals surface area contributed by atoms with Gasteiger partial charge in [0.1, 0.15) is 11.5 Å². The van der Waals surface area contributed by atoms with E-state index in [-0.39, 0.29) is 5.69 Å². The number of alkyl halides is 6. The summed E-state index contributed by atoms with van der Waals surface area (Å²) >= 11 is 4.46. The van der Waals surface area contributed by atoms with Crippen molar-refractivity contribution in [2.45, 2.75) is 12.4 Å². The lowest BCUT2D eigenvalue weighted by atomic mass is 10.1. The van der Waals surface area contributed by atoms with Crippen molar-refractivity contribution in [3.8, 4) is 0 Å². The Labute approximate surface area is 109 Å². The van der Waals surface area contributed by atoms with Gasteiger partial charge in [-0.3, -0.25) is 0 Å². The Kier molecular flexibility index (Phi) is 4.28. The maximum Gasteiger partial charge on any atom is 0.417 e. The molecule has 0 bridgehead atoms. The molecular formula is C10H8F6N2S. The Bertz CT molecular complexity index is 480. The van der Waals surface area contributed by atoms with Gasteiger partial charge in [-0.25, -0.2) is 0 Å². The summed E-state index contributed by atoms with van der Waals surface area (Å²) in [5.41, 5.74) is 3.22. The number of benzene rings is 1. The third-order valence-electron chi connectivity index (χ3n) is 2.08. The van der Waals surface area contributed by atoms with Gasteiger partial charge in [-0.2, -0.15) is 26.3 Å². The van der Waals surface area contributed by atoms with Gasteiger partial charge in [0, 0.05) is 11.3 Å². The molecule has 1 aromatic carbocycles. The van der Waals surface area contributed by atoms with E-state index in [0.29, 0.717) is 6.07 Å². The van der Waals surface area contributed by atoms with E-state index in [0.717, 1.165) is 12.1 Å². The first-order chi connectivity index (χ1) is 8.50. The molecule has 0 saturated carbocycles. The van der Waals surface area contributed by atoms with Crippen molar-refractivity contribution < 1.29 is 26.3 Å². The average molecular weight is 302 g/mol. The van der Waals surface area contributed by atoms with Gasteiger partial charge in [0.15, 0.2) is 0 Å². The predicted molar refractivity (Wildman–Crippen MR) is 61.9 cm³/mol. The molecule has 9 heteroatoms. The number of hydrogen-bond donors (Lipinski definition) is 2. The summed E-state index contributed by atoms with van der Waals surface area (Å²) in [4.78, 5) is -0.477. The summed E-state index contributed by atoms with van der Waals surface area (Å²) in [6.45, 7) is -1.43. The minimum Gasteiger partial charge on any atom is -0.389 e. The Balaban J connectivity index is 3.09. The maximum absolute atomic E-state index is 12.7. The quantitative estimate of drug-likeness (QED) is 0.664. The van der Waals surface area contributed by atoms with E-state index in [1.165, 1.54) is 0 Å². The van der Waals surface area contributed by atoms with Crippen LogP contribution in [0.15, 0.2) is 18.2 Å². The molecule has 0 aliphatic heterocycles. The molecule has 0 fully saturated rings. The zero-order valence-electron chi connectivity index (χ0n) is 9.19. The third kappa shape index (κ3) is 4.58. The van der Waals surface area contributed by atoms with E-state index >= 15 is 0 Å². The van der Waals surface area contributed by atoms with Gasteiger partial charge in [-0.15, -0.1) is 0 Å². The average Bonchev–Trinajstić information content (AvgIpc) is 2.23. The van der Waals surface area contributed by atoms with Gasteiger partial charge in [0.2, 0.25) is 0 Å². The first-order valence-corrected chi connectivity index (χ1v) is 5.23. The molecule has 0 saturated heterocycles. The Morgan fingerprint density at radius 1 is 1.16 bits per heavy atom. The van der Waals surface area contributed by atoms with Gasteiger partial charge in [0.25, 0.3) is 0 Å². The number of rotatable bonds is 3. The van der Waals surface area contributed by atoms with Crippen LogP contribution in [0.1, 0.15) is 11.1 Å². The number of hydrogen-bond acceptors (Lipinski definition) is 2. The normalized spacial score (nSPS) is 12.3. The summed E-state index contributed by atoms with van der Waals surface area (Å²) < 4.78 is 74.0. The number of halogens is 6. The largest absolute Gasteiger partial charge is 0.417 e. The van der Waals surface area contributed by atoms with Crippen molar-refractivity contribution in [2.24, 2.45) is 5.73 Å². The Hall–Kier alpha value is -1.51. The minimum absolute atomic E-state index is 0.315. The van der Waals surface area contributed by atoms with Crippen LogP contribution in [0, 0.1) is 0 Å². The Morgan fingerprint density at radius 3 is 2.16 bits per heavy atom. The first-order valence-electron chi connectivity index (χ1n) is 4.82. The lowest BCUT2D eigenvalue weighted by molar-refractivity contribution is -0.137. The number of nitrogens with two attached hydrogens (primary N) is 1. The highest BCUT2D eigenvalue weighted by Crippen LogP contribution is 2.34. The molecule has 0 aliphatic rings. The van der Waals surface area contributed by atoms with E-state index in [1.807, 2.05) is 5.32 Å². The van der Waals surface area contributed by atoms with Crippen LogP contribution in [0.2, 0.25) is 0 Å². The highest BCUT2D eigenvalue weighted by molar-refractivity contribution is 7.80. The third-order valence-corrected chi connectivity index (χ3v) is 2.30. The number of anilines is 1. The minimum atomic E-state index is -4.76. The van der Waals surface area contributed by atoms with E-state index in [1.54, 1.807) is 0 Å². The molecule has 2 nitrogen and oxygen atoms in total. The van der Waals surface area contributed by atoms with Crippen molar-refractivity contribution in [3.63, 3.8) is 0 Å². The molecule has 106 valence electrons. The lowest BCUT2D eigenvalue weighted by Gasteiger charge is -2.15. The van der Waals surface area contributed by atoms with Crippen molar-refractivity contribution in [3.05, 3.63) is 29.3 Å². The molecule has 1 aromatic rings. The van der Waals surface area contributed by atoms with Crippen LogP contribution in [0.3, 0.4) is 0 Å². The molecule has 1 rings (SSSR count). The smallest absolute Gasteiger partial charge is 0.389 e.